The summed E-state index contributed by atoms with van der Waals surface area (Å²) in [4.78, 5) is 0. The normalized spacial score (nSPS) is 12.4. The summed E-state index contributed by atoms with van der Waals surface area (Å²) in [5.41, 5.74) is -3.43. The van der Waals surface area contributed by atoms with Gasteiger partial charge in [0.05, 0.1) is 5.57 Å². The third-order valence-electron chi connectivity index (χ3n) is 6.44. The molecule has 0 saturated heterocycles. The first-order chi connectivity index (χ1) is 18.7. The molecule has 2 aliphatic carbocycles. The summed E-state index contributed by atoms with van der Waals surface area (Å²) >= 11 is 0. The summed E-state index contributed by atoms with van der Waals surface area (Å²) in [6.45, 7) is 0. The number of nitrogens with zero attached hydrogens (tertiary/aromatic N) is 5. The van der Waals surface area contributed by atoms with Crippen molar-refractivity contribution >= 4 is 22.3 Å². The second kappa shape index (κ2) is 8.82. The van der Waals surface area contributed by atoms with Gasteiger partial charge in [-0.2, -0.15) is 26.3 Å². The first-order valence-corrected chi connectivity index (χ1v) is 10.8. The number of hydrogen-bond donors (Lipinski definition) is 0. The number of hydrogen-bond acceptors (Lipinski definition) is 5. The van der Waals surface area contributed by atoms with Crippen LogP contribution in [0.15, 0.2) is 47.5 Å². The van der Waals surface area contributed by atoms with Crippen LogP contribution in [0.4, 0.5) is 22.0 Å². The van der Waals surface area contributed by atoms with Gasteiger partial charge in [-0.05, 0) is 46.0 Å². The summed E-state index contributed by atoms with van der Waals surface area (Å²) in [6, 6.07) is 16.0. The highest BCUT2D eigenvalue weighted by Crippen LogP contribution is 2.53. The van der Waals surface area contributed by atoms with Crippen LogP contribution in [-0.4, -0.2) is 0 Å². The minimum Gasteiger partial charge on any atom is -0.207 e. The Morgan fingerprint density at radius 3 is 1.62 bits per heavy atom. The van der Waals surface area contributed by atoms with Gasteiger partial charge in [0, 0.05) is 27.8 Å². The predicted octanol–water partition coefficient (Wildman–Crippen LogP) is 6.46. The van der Waals surface area contributed by atoms with Crippen LogP contribution in [0.5, 0.6) is 0 Å². The topological polar surface area (TPSA) is 119 Å². The quantitative estimate of drug-likeness (QED) is 0.124. The predicted molar refractivity (Wildman–Crippen MR) is 126 cm³/mol. The van der Waals surface area contributed by atoms with Crippen molar-refractivity contribution < 1.29 is 22.0 Å². The standard InChI is InChI=1S/C29H6F5N5/c30-15-2-4-17-16-3-1-12(5-18(16)21(19(17)6-15)13(7-35)8-36)22-20(11-39)24-25(23(22)14(9-37)10-38)27(32)29(34)28(33)26(24)31/h1-6H. The van der Waals surface area contributed by atoms with E-state index in [-0.39, 0.29) is 33.4 Å². The van der Waals surface area contributed by atoms with Crippen molar-refractivity contribution in [3.8, 4) is 41.5 Å². The zero-order valence-corrected chi connectivity index (χ0v) is 19.1. The average Bonchev–Trinajstić information content (AvgIpc) is 3.45. The van der Waals surface area contributed by atoms with E-state index in [9.17, 15) is 43.9 Å². The van der Waals surface area contributed by atoms with Gasteiger partial charge in [-0.3, -0.25) is 0 Å². The first kappa shape index (κ1) is 24.7. The fraction of sp³-hybridized carbons (Fsp3) is 0. The Hall–Kier alpha value is -6.02. The largest absolute Gasteiger partial charge is 0.207 e. The molecule has 0 saturated carbocycles. The van der Waals surface area contributed by atoms with Crippen molar-refractivity contribution in [2.45, 2.75) is 0 Å². The Morgan fingerprint density at radius 1 is 0.538 bits per heavy atom. The van der Waals surface area contributed by atoms with Gasteiger partial charge in [-0.25, -0.2) is 22.0 Å². The molecule has 5 rings (SSSR count). The second-order valence-electron chi connectivity index (χ2n) is 8.27. The molecule has 0 N–H and O–H groups in total. The van der Waals surface area contributed by atoms with Crippen LogP contribution in [-0.2, 0) is 0 Å². The van der Waals surface area contributed by atoms with Crippen molar-refractivity contribution in [3.05, 3.63) is 104 Å². The van der Waals surface area contributed by atoms with Crippen LogP contribution >= 0.6 is 0 Å². The smallest absolute Gasteiger partial charge is 0.198 e. The molecule has 0 spiro atoms. The lowest BCUT2D eigenvalue weighted by molar-refractivity contribution is 0.407. The van der Waals surface area contributed by atoms with E-state index in [1.807, 2.05) is 0 Å². The fourth-order valence-electron chi connectivity index (χ4n) is 4.91. The minimum absolute atomic E-state index is 0.0277. The van der Waals surface area contributed by atoms with E-state index in [4.69, 9.17) is 0 Å². The molecule has 0 aromatic heterocycles. The average molecular weight is 519 g/mol. The number of fused-ring (bicyclic) bond motifs is 4. The van der Waals surface area contributed by atoms with E-state index < -0.39 is 56.9 Å². The van der Waals surface area contributed by atoms with Gasteiger partial charge in [0.2, 0.25) is 0 Å². The molecule has 0 unspecified atom stereocenters. The highest BCUT2D eigenvalue weighted by atomic mass is 19.2. The van der Waals surface area contributed by atoms with Gasteiger partial charge in [-0.15, -0.1) is 0 Å². The molecule has 0 bridgehead atoms. The number of nitriles is 5. The van der Waals surface area contributed by atoms with E-state index in [0.717, 1.165) is 6.07 Å². The Balaban J connectivity index is 1.92. The fourth-order valence-corrected chi connectivity index (χ4v) is 4.91. The molecule has 3 aromatic carbocycles. The molecule has 0 fully saturated rings. The lowest BCUT2D eigenvalue weighted by Gasteiger charge is -2.12. The van der Waals surface area contributed by atoms with Gasteiger partial charge < -0.3 is 0 Å². The maximum atomic E-state index is 15.0. The number of benzene rings is 3. The Bertz CT molecular complexity index is 1980. The van der Waals surface area contributed by atoms with E-state index >= 15 is 4.39 Å². The van der Waals surface area contributed by atoms with Crippen LogP contribution < -0.4 is 0 Å². The lowest BCUT2D eigenvalue weighted by atomic mass is 9.89. The van der Waals surface area contributed by atoms with Gasteiger partial charge >= 0.3 is 0 Å². The van der Waals surface area contributed by atoms with E-state index in [0.29, 0.717) is 11.1 Å². The Labute approximate surface area is 216 Å². The molecular formula is C29H6F5N5. The highest BCUT2D eigenvalue weighted by molar-refractivity contribution is 6.26. The van der Waals surface area contributed by atoms with Gasteiger partial charge in [0.15, 0.2) is 23.3 Å². The molecule has 0 radical (unpaired) electrons. The van der Waals surface area contributed by atoms with Crippen LogP contribution in [0.3, 0.4) is 0 Å². The molecule has 0 aliphatic heterocycles. The molecule has 0 atom stereocenters. The molecule has 39 heavy (non-hydrogen) atoms. The molecule has 0 heterocycles. The van der Waals surface area contributed by atoms with Crippen LogP contribution in [0.2, 0.25) is 0 Å². The van der Waals surface area contributed by atoms with E-state index in [2.05, 4.69) is 0 Å². The molecule has 10 heteroatoms. The zero-order valence-electron chi connectivity index (χ0n) is 19.1. The maximum Gasteiger partial charge on any atom is 0.198 e. The van der Waals surface area contributed by atoms with Crippen molar-refractivity contribution in [1.29, 1.82) is 26.3 Å². The van der Waals surface area contributed by atoms with Gasteiger partial charge in [-0.1, -0.05) is 18.2 Å². The lowest BCUT2D eigenvalue weighted by Crippen LogP contribution is -2.04. The zero-order chi connectivity index (χ0) is 28.2. The molecule has 2 aliphatic rings. The van der Waals surface area contributed by atoms with Gasteiger partial charge in [0.1, 0.15) is 47.3 Å². The van der Waals surface area contributed by atoms with E-state index in [1.165, 1.54) is 42.5 Å². The Morgan fingerprint density at radius 2 is 1.05 bits per heavy atom. The van der Waals surface area contributed by atoms with Crippen LogP contribution in [0, 0.1) is 85.7 Å². The van der Waals surface area contributed by atoms with Crippen molar-refractivity contribution in [3.63, 3.8) is 0 Å². The molecule has 0 amide bonds. The summed E-state index contributed by atoms with van der Waals surface area (Å²) in [7, 11) is 0. The Kier molecular flexibility index (Phi) is 5.58. The van der Waals surface area contributed by atoms with Crippen LogP contribution in [0.1, 0.15) is 27.8 Å². The monoisotopic (exact) mass is 519 g/mol. The van der Waals surface area contributed by atoms with Crippen molar-refractivity contribution in [2.24, 2.45) is 0 Å². The highest BCUT2D eigenvalue weighted by Gasteiger charge is 2.40. The van der Waals surface area contributed by atoms with E-state index in [1.54, 1.807) is 18.2 Å². The third-order valence-corrected chi connectivity index (χ3v) is 6.44. The summed E-state index contributed by atoms with van der Waals surface area (Å²) in [5, 5.41) is 48.2. The molecular weight excluding hydrogens is 513 g/mol. The van der Waals surface area contributed by atoms with Crippen LogP contribution in [0.25, 0.3) is 33.4 Å². The number of halogens is 5. The number of allylic oxidation sites excluding steroid dienone is 5. The van der Waals surface area contributed by atoms with Crippen molar-refractivity contribution in [2.75, 3.05) is 0 Å². The molecule has 5 nitrogen and oxygen atoms in total. The summed E-state index contributed by atoms with van der Waals surface area (Å²) in [5.74, 6) is -8.81. The molecule has 182 valence electrons. The summed E-state index contributed by atoms with van der Waals surface area (Å²) in [6.07, 6.45) is 0. The molecule has 3 aromatic rings. The minimum atomic E-state index is -2.19. The third kappa shape index (κ3) is 3.25. The van der Waals surface area contributed by atoms with Crippen molar-refractivity contribution in [1.82, 2.24) is 0 Å². The summed E-state index contributed by atoms with van der Waals surface area (Å²) < 4.78 is 72.6. The van der Waals surface area contributed by atoms with Gasteiger partial charge in [0.25, 0.3) is 0 Å². The maximum absolute atomic E-state index is 15.0. The second-order valence-corrected chi connectivity index (χ2v) is 8.27. The SMILES string of the molecule is N#CC(C#N)=C1c2cc(F)ccc2-c2ccc(C3=C(C#N)c4c(F)c(F)c(F)c(F)c4C3=C(C#N)C#N)cc21. The first-order valence-electron chi connectivity index (χ1n) is 10.8. The number of rotatable bonds is 1.